The van der Waals surface area contributed by atoms with Crippen LogP contribution in [0, 0.1) is 18.8 Å². The Morgan fingerprint density at radius 3 is 2.61 bits per heavy atom. The van der Waals surface area contributed by atoms with Crippen molar-refractivity contribution < 1.29 is 0 Å². The van der Waals surface area contributed by atoms with Crippen molar-refractivity contribution in [1.82, 2.24) is 20.1 Å². The van der Waals surface area contributed by atoms with Crippen LogP contribution in [0.15, 0.2) is 23.3 Å². The zero-order valence-electron chi connectivity index (χ0n) is 17.4. The number of piperazine rings is 1. The molecular weight excluding hydrogens is 461 g/mol. The molecule has 1 N–H and O–H groups in total. The highest BCUT2D eigenvalue weighted by Crippen LogP contribution is 2.46. The number of nitrogens with one attached hydrogen (secondary N) is 1. The highest BCUT2D eigenvalue weighted by Gasteiger charge is 2.42. The zero-order valence-corrected chi connectivity index (χ0v) is 19.8. The normalized spacial score (nSPS) is 27.7. The van der Waals surface area contributed by atoms with Gasteiger partial charge >= 0.3 is 0 Å². The first kappa shape index (κ1) is 21.8. The van der Waals surface area contributed by atoms with E-state index in [4.69, 9.17) is 4.99 Å². The minimum Gasteiger partial charge on any atom is -0.357 e. The van der Waals surface area contributed by atoms with Crippen LogP contribution in [-0.4, -0.2) is 66.1 Å². The Bertz CT molecular complexity index is 639. The van der Waals surface area contributed by atoms with Crippen molar-refractivity contribution in [3.8, 4) is 0 Å². The summed E-state index contributed by atoms with van der Waals surface area (Å²) in [4.78, 5) is 14.5. The molecule has 1 aromatic rings. The fraction of sp³-hybridized carbons (Fsp3) is 0.727. The maximum Gasteiger partial charge on any atom is 0.194 e. The molecule has 28 heavy (non-hydrogen) atoms. The van der Waals surface area contributed by atoms with Gasteiger partial charge in [0.1, 0.15) is 0 Å². The summed E-state index contributed by atoms with van der Waals surface area (Å²) in [6.45, 7) is 10.5. The predicted molar refractivity (Wildman–Crippen MR) is 126 cm³/mol. The number of aryl methyl sites for hydroxylation is 1. The lowest BCUT2D eigenvalue weighted by atomic mass is 9.93. The highest BCUT2D eigenvalue weighted by atomic mass is 127. The summed E-state index contributed by atoms with van der Waals surface area (Å²) in [7, 11) is 0. The van der Waals surface area contributed by atoms with Gasteiger partial charge in [0.15, 0.2) is 5.96 Å². The lowest BCUT2D eigenvalue weighted by Crippen LogP contribution is -2.55. The second-order valence-electron chi connectivity index (χ2n) is 8.56. The maximum absolute atomic E-state index is 4.90. The lowest BCUT2D eigenvalue weighted by molar-refractivity contribution is 0.0958. The van der Waals surface area contributed by atoms with E-state index in [0.29, 0.717) is 0 Å². The van der Waals surface area contributed by atoms with Gasteiger partial charge in [-0.3, -0.25) is 14.9 Å². The molecule has 2 aliphatic carbocycles. The number of aromatic nitrogens is 1. The van der Waals surface area contributed by atoms with Crippen molar-refractivity contribution in [3.63, 3.8) is 0 Å². The minimum absolute atomic E-state index is 0. The summed E-state index contributed by atoms with van der Waals surface area (Å²) in [5.41, 5.74) is 2.34. The van der Waals surface area contributed by atoms with E-state index in [1.54, 1.807) is 0 Å². The van der Waals surface area contributed by atoms with Crippen molar-refractivity contribution in [1.29, 1.82) is 0 Å². The third kappa shape index (κ3) is 5.17. The van der Waals surface area contributed by atoms with Crippen LogP contribution in [-0.2, 0) is 6.42 Å². The van der Waals surface area contributed by atoms with Crippen LogP contribution in [0.25, 0.3) is 0 Å². The van der Waals surface area contributed by atoms with Gasteiger partial charge in [0.2, 0.25) is 0 Å². The molecule has 1 aliphatic heterocycles. The van der Waals surface area contributed by atoms with E-state index < -0.39 is 0 Å². The van der Waals surface area contributed by atoms with Crippen LogP contribution in [0.1, 0.15) is 43.9 Å². The number of halogens is 1. The second kappa shape index (κ2) is 10.2. The first-order valence-corrected chi connectivity index (χ1v) is 10.9. The molecular formula is C22H36IN5. The van der Waals surface area contributed by atoms with E-state index in [-0.39, 0.29) is 24.0 Å². The number of nitrogens with zero attached hydrogens (tertiary/aromatic N) is 4. The standard InChI is InChI=1S/C22H35N5.HI/c1-3-23-22(24-9-8-18-5-4-17(2)25-16-18)27-12-10-26(11-13-27)21-15-19-6-7-20(21)14-19;/h4-5,16,19-21H,3,6-15H2,1-2H3,(H,23,24);1H. The molecule has 0 radical (unpaired) electrons. The van der Waals surface area contributed by atoms with Crippen molar-refractivity contribution >= 4 is 29.9 Å². The van der Waals surface area contributed by atoms with E-state index >= 15 is 0 Å². The van der Waals surface area contributed by atoms with E-state index in [2.05, 4.69) is 39.2 Å². The zero-order chi connectivity index (χ0) is 18.6. The number of pyridine rings is 1. The van der Waals surface area contributed by atoms with E-state index in [0.717, 1.165) is 62.1 Å². The Morgan fingerprint density at radius 1 is 1.18 bits per heavy atom. The smallest absolute Gasteiger partial charge is 0.194 e. The van der Waals surface area contributed by atoms with Crippen LogP contribution in [0.2, 0.25) is 0 Å². The molecule has 2 heterocycles. The quantitative estimate of drug-likeness (QED) is 0.385. The predicted octanol–water partition coefficient (Wildman–Crippen LogP) is 3.32. The Morgan fingerprint density at radius 2 is 2.00 bits per heavy atom. The molecule has 6 heteroatoms. The molecule has 0 amide bonds. The second-order valence-corrected chi connectivity index (χ2v) is 8.56. The van der Waals surface area contributed by atoms with Crippen molar-refractivity contribution in [2.45, 2.75) is 52.0 Å². The van der Waals surface area contributed by atoms with Crippen molar-refractivity contribution in [2.75, 3.05) is 39.3 Å². The summed E-state index contributed by atoms with van der Waals surface area (Å²) in [5.74, 6) is 3.12. The average Bonchev–Trinajstić information content (AvgIpc) is 3.33. The summed E-state index contributed by atoms with van der Waals surface area (Å²) < 4.78 is 0. The summed E-state index contributed by atoms with van der Waals surface area (Å²) in [6, 6.07) is 5.12. The van der Waals surface area contributed by atoms with Crippen LogP contribution in [0.3, 0.4) is 0 Å². The summed E-state index contributed by atoms with van der Waals surface area (Å²) in [5, 5.41) is 3.50. The van der Waals surface area contributed by atoms with E-state index in [1.165, 1.54) is 44.3 Å². The molecule has 0 spiro atoms. The molecule has 0 aromatic carbocycles. The molecule has 4 rings (SSSR count). The van der Waals surface area contributed by atoms with Crippen molar-refractivity contribution in [3.05, 3.63) is 29.6 Å². The Labute approximate surface area is 187 Å². The first-order chi connectivity index (χ1) is 13.2. The molecule has 3 atom stereocenters. The van der Waals surface area contributed by atoms with Crippen molar-refractivity contribution in [2.24, 2.45) is 16.8 Å². The number of guanidine groups is 1. The van der Waals surface area contributed by atoms with Gasteiger partial charge < -0.3 is 10.2 Å². The monoisotopic (exact) mass is 497 g/mol. The molecule has 156 valence electrons. The fourth-order valence-electron chi connectivity index (χ4n) is 5.29. The van der Waals surface area contributed by atoms with Crippen LogP contribution >= 0.6 is 24.0 Å². The summed E-state index contributed by atoms with van der Waals surface area (Å²) >= 11 is 0. The maximum atomic E-state index is 4.90. The number of aliphatic imine (C=N–C) groups is 1. The molecule has 3 unspecified atom stereocenters. The van der Waals surface area contributed by atoms with Gasteiger partial charge in [-0.15, -0.1) is 24.0 Å². The van der Waals surface area contributed by atoms with Gasteiger partial charge in [0.05, 0.1) is 0 Å². The third-order valence-electron chi connectivity index (χ3n) is 6.75. The van der Waals surface area contributed by atoms with Gasteiger partial charge in [-0.25, -0.2) is 0 Å². The number of hydrogen-bond acceptors (Lipinski definition) is 3. The highest BCUT2D eigenvalue weighted by molar-refractivity contribution is 14.0. The summed E-state index contributed by atoms with van der Waals surface area (Å²) in [6.07, 6.45) is 8.87. The number of hydrogen-bond donors (Lipinski definition) is 1. The minimum atomic E-state index is 0. The van der Waals surface area contributed by atoms with E-state index in [1.807, 2.05) is 13.1 Å². The molecule has 2 bridgehead atoms. The topological polar surface area (TPSA) is 43.8 Å². The fourth-order valence-corrected chi connectivity index (χ4v) is 5.29. The number of fused-ring (bicyclic) bond motifs is 2. The Kier molecular flexibility index (Phi) is 7.97. The van der Waals surface area contributed by atoms with Crippen LogP contribution < -0.4 is 5.32 Å². The first-order valence-electron chi connectivity index (χ1n) is 10.9. The SMILES string of the molecule is CCNC(=NCCc1ccc(C)nc1)N1CCN(C2CC3CCC2C3)CC1.I. The number of rotatable bonds is 5. The lowest BCUT2D eigenvalue weighted by Gasteiger charge is -2.42. The van der Waals surface area contributed by atoms with Gasteiger partial charge in [0, 0.05) is 57.2 Å². The van der Waals surface area contributed by atoms with E-state index in [9.17, 15) is 0 Å². The van der Waals surface area contributed by atoms with Gasteiger partial charge in [-0.1, -0.05) is 12.5 Å². The molecule has 1 aromatic heterocycles. The third-order valence-corrected chi connectivity index (χ3v) is 6.75. The van der Waals surface area contributed by atoms with Gasteiger partial charge in [-0.05, 0) is 63.0 Å². The van der Waals surface area contributed by atoms with Gasteiger partial charge in [0.25, 0.3) is 0 Å². The largest absolute Gasteiger partial charge is 0.357 e. The molecule has 5 nitrogen and oxygen atoms in total. The Balaban J connectivity index is 0.00000225. The molecule has 2 saturated carbocycles. The molecule has 3 aliphatic rings. The molecule has 3 fully saturated rings. The Hall–Kier alpha value is -0.890. The van der Waals surface area contributed by atoms with Gasteiger partial charge in [-0.2, -0.15) is 0 Å². The van der Waals surface area contributed by atoms with Crippen LogP contribution in [0.5, 0.6) is 0 Å². The molecule has 1 saturated heterocycles. The average molecular weight is 497 g/mol. The van der Waals surface area contributed by atoms with Crippen LogP contribution in [0.4, 0.5) is 0 Å².